The standard InChI is InChI=1S/C19H31N3O3S/c1-14(2)16-6-8-18(9-7-16)26(24,25)21-11-10-19(23)22-12-4-5-17(13-22)15(3)20/h6-9,14-15,17,21H,4-5,10-13,20H2,1-3H3/t15-,17-/m1/s1. The van der Waals surface area contributed by atoms with Crippen LogP contribution in [0.25, 0.3) is 0 Å². The number of nitrogens with one attached hydrogen (secondary N) is 1. The Morgan fingerprint density at radius 3 is 2.50 bits per heavy atom. The van der Waals surface area contributed by atoms with Gasteiger partial charge in [0.25, 0.3) is 0 Å². The van der Waals surface area contributed by atoms with Gasteiger partial charge in [-0.3, -0.25) is 4.79 Å². The lowest BCUT2D eigenvalue weighted by Gasteiger charge is -2.34. The van der Waals surface area contributed by atoms with Crippen molar-refractivity contribution in [1.82, 2.24) is 9.62 Å². The number of carbonyl (C=O) groups excluding carboxylic acids is 1. The van der Waals surface area contributed by atoms with E-state index in [9.17, 15) is 13.2 Å². The van der Waals surface area contributed by atoms with Gasteiger partial charge in [0.15, 0.2) is 0 Å². The second-order valence-electron chi connectivity index (χ2n) is 7.47. The predicted molar refractivity (Wildman–Crippen MR) is 103 cm³/mol. The topological polar surface area (TPSA) is 92.5 Å². The Balaban J connectivity index is 1.86. The molecule has 0 radical (unpaired) electrons. The highest BCUT2D eigenvalue weighted by atomic mass is 32.2. The van der Waals surface area contributed by atoms with Crippen molar-refractivity contribution >= 4 is 15.9 Å². The monoisotopic (exact) mass is 381 g/mol. The summed E-state index contributed by atoms with van der Waals surface area (Å²) in [6, 6.07) is 6.94. The minimum atomic E-state index is -3.59. The van der Waals surface area contributed by atoms with E-state index in [1.54, 1.807) is 12.1 Å². The molecule has 0 saturated carbocycles. The van der Waals surface area contributed by atoms with Crippen LogP contribution >= 0.6 is 0 Å². The van der Waals surface area contributed by atoms with Crippen LogP contribution in [0, 0.1) is 5.92 Å². The van der Waals surface area contributed by atoms with E-state index < -0.39 is 10.0 Å². The number of benzene rings is 1. The third kappa shape index (κ3) is 5.53. The first kappa shape index (κ1) is 20.9. The lowest BCUT2D eigenvalue weighted by molar-refractivity contribution is -0.132. The molecule has 0 aromatic heterocycles. The van der Waals surface area contributed by atoms with E-state index in [1.807, 2.05) is 24.0 Å². The number of hydrogen-bond acceptors (Lipinski definition) is 4. The summed E-state index contributed by atoms with van der Waals surface area (Å²) in [7, 11) is -3.59. The van der Waals surface area contributed by atoms with Crippen LogP contribution in [-0.2, 0) is 14.8 Å². The summed E-state index contributed by atoms with van der Waals surface area (Å²) in [5.74, 6) is 0.652. The third-order valence-electron chi connectivity index (χ3n) is 5.04. The Morgan fingerprint density at radius 2 is 1.92 bits per heavy atom. The summed E-state index contributed by atoms with van der Waals surface area (Å²) in [5, 5.41) is 0. The number of nitrogens with zero attached hydrogens (tertiary/aromatic N) is 1. The first-order chi connectivity index (χ1) is 12.2. The first-order valence-electron chi connectivity index (χ1n) is 9.33. The van der Waals surface area contributed by atoms with Crippen molar-refractivity contribution in [3.8, 4) is 0 Å². The Morgan fingerprint density at radius 1 is 1.27 bits per heavy atom. The first-order valence-corrected chi connectivity index (χ1v) is 10.8. The maximum absolute atomic E-state index is 12.4. The van der Waals surface area contributed by atoms with E-state index in [4.69, 9.17) is 5.73 Å². The van der Waals surface area contributed by atoms with Gasteiger partial charge in [0.05, 0.1) is 4.90 Å². The van der Waals surface area contributed by atoms with Crippen molar-refractivity contribution in [2.75, 3.05) is 19.6 Å². The Hall–Kier alpha value is -1.44. The van der Waals surface area contributed by atoms with Gasteiger partial charge in [-0.1, -0.05) is 26.0 Å². The van der Waals surface area contributed by atoms with Crippen LogP contribution < -0.4 is 10.5 Å². The molecule has 0 spiro atoms. The minimum Gasteiger partial charge on any atom is -0.342 e. The predicted octanol–water partition coefficient (Wildman–Crippen LogP) is 2.06. The van der Waals surface area contributed by atoms with Crippen molar-refractivity contribution in [1.29, 1.82) is 0 Å². The quantitative estimate of drug-likeness (QED) is 0.756. The number of nitrogens with two attached hydrogens (primary N) is 1. The van der Waals surface area contributed by atoms with E-state index in [0.29, 0.717) is 18.4 Å². The van der Waals surface area contributed by atoms with Gasteiger partial charge in [-0.05, 0) is 49.3 Å². The van der Waals surface area contributed by atoms with Crippen LogP contribution in [-0.4, -0.2) is 44.9 Å². The maximum atomic E-state index is 12.4. The molecule has 3 N–H and O–H groups in total. The highest BCUT2D eigenvalue weighted by molar-refractivity contribution is 7.89. The van der Waals surface area contributed by atoms with Gasteiger partial charge in [-0.15, -0.1) is 0 Å². The van der Waals surface area contributed by atoms with Gasteiger partial charge in [0, 0.05) is 32.1 Å². The molecule has 0 unspecified atom stereocenters. The molecule has 0 bridgehead atoms. The number of rotatable bonds is 7. The van der Waals surface area contributed by atoms with E-state index in [-0.39, 0.29) is 29.8 Å². The van der Waals surface area contributed by atoms with Gasteiger partial charge < -0.3 is 10.6 Å². The van der Waals surface area contributed by atoms with Crippen molar-refractivity contribution in [3.63, 3.8) is 0 Å². The average Bonchev–Trinajstić information content (AvgIpc) is 2.61. The second-order valence-corrected chi connectivity index (χ2v) is 9.24. The zero-order valence-corrected chi connectivity index (χ0v) is 16.8. The largest absolute Gasteiger partial charge is 0.342 e. The molecule has 1 aromatic rings. The summed E-state index contributed by atoms with van der Waals surface area (Å²) >= 11 is 0. The van der Waals surface area contributed by atoms with Crippen molar-refractivity contribution in [3.05, 3.63) is 29.8 Å². The van der Waals surface area contributed by atoms with E-state index in [2.05, 4.69) is 18.6 Å². The smallest absolute Gasteiger partial charge is 0.240 e. The fourth-order valence-electron chi connectivity index (χ4n) is 3.23. The van der Waals surface area contributed by atoms with E-state index >= 15 is 0 Å². The minimum absolute atomic E-state index is 0.0202. The van der Waals surface area contributed by atoms with Crippen LogP contribution in [0.1, 0.15) is 51.5 Å². The normalized spacial score (nSPS) is 19.6. The van der Waals surface area contributed by atoms with E-state index in [0.717, 1.165) is 24.9 Å². The summed E-state index contributed by atoms with van der Waals surface area (Å²) in [6.45, 7) is 7.59. The molecule has 1 aliphatic rings. The molecule has 2 rings (SSSR count). The van der Waals surface area contributed by atoms with Gasteiger partial charge in [0.2, 0.25) is 15.9 Å². The number of amides is 1. The van der Waals surface area contributed by atoms with Crippen LogP contribution in [0.15, 0.2) is 29.2 Å². The summed E-state index contributed by atoms with van der Waals surface area (Å²) in [5.41, 5.74) is 7.04. The number of sulfonamides is 1. The second kappa shape index (κ2) is 8.97. The average molecular weight is 382 g/mol. The Kier molecular flexibility index (Phi) is 7.20. The van der Waals surface area contributed by atoms with Crippen molar-refractivity contribution < 1.29 is 13.2 Å². The highest BCUT2D eigenvalue weighted by Crippen LogP contribution is 2.20. The van der Waals surface area contributed by atoms with E-state index in [1.165, 1.54) is 0 Å². The molecular weight excluding hydrogens is 350 g/mol. The van der Waals surface area contributed by atoms with Gasteiger partial charge in [-0.25, -0.2) is 13.1 Å². The van der Waals surface area contributed by atoms with Gasteiger partial charge in [-0.2, -0.15) is 0 Å². The molecule has 146 valence electrons. The van der Waals surface area contributed by atoms with Crippen LogP contribution in [0.3, 0.4) is 0 Å². The Labute approximate surface area is 157 Å². The lowest BCUT2D eigenvalue weighted by atomic mass is 9.92. The molecule has 1 amide bonds. The van der Waals surface area contributed by atoms with Crippen LogP contribution in [0.5, 0.6) is 0 Å². The van der Waals surface area contributed by atoms with Gasteiger partial charge in [0.1, 0.15) is 0 Å². The highest BCUT2D eigenvalue weighted by Gasteiger charge is 2.25. The lowest BCUT2D eigenvalue weighted by Crippen LogP contribution is -2.45. The zero-order chi connectivity index (χ0) is 19.3. The molecule has 2 atom stereocenters. The molecule has 1 heterocycles. The zero-order valence-electron chi connectivity index (χ0n) is 15.9. The van der Waals surface area contributed by atoms with Gasteiger partial charge >= 0.3 is 0 Å². The summed E-state index contributed by atoms with van der Waals surface area (Å²) in [4.78, 5) is 14.4. The van der Waals surface area contributed by atoms with Crippen LogP contribution in [0.4, 0.5) is 0 Å². The molecule has 1 fully saturated rings. The SMILES string of the molecule is CC(C)c1ccc(S(=O)(=O)NCCC(=O)N2CCC[C@@H]([C@@H](C)N)C2)cc1. The maximum Gasteiger partial charge on any atom is 0.240 e. The summed E-state index contributed by atoms with van der Waals surface area (Å²) < 4.78 is 27.2. The molecule has 1 aliphatic heterocycles. The molecule has 1 aromatic carbocycles. The fraction of sp³-hybridized carbons (Fsp3) is 0.632. The molecule has 26 heavy (non-hydrogen) atoms. The Bertz CT molecular complexity index is 699. The van der Waals surface area contributed by atoms with Crippen molar-refractivity contribution in [2.24, 2.45) is 11.7 Å². The number of hydrogen-bond donors (Lipinski definition) is 2. The number of carbonyl (C=O) groups is 1. The molecular formula is C19H31N3O3S. The third-order valence-corrected chi connectivity index (χ3v) is 6.52. The summed E-state index contributed by atoms with van der Waals surface area (Å²) in [6.07, 6.45) is 2.15. The van der Waals surface area contributed by atoms with Crippen molar-refractivity contribution in [2.45, 2.75) is 56.9 Å². The molecule has 1 saturated heterocycles. The molecule has 7 heteroatoms. The fourth-order valence-corrected chi connectivity index (χ4v) is 4.26. The number of piperidine rings is 1. The molecule has 0 aliphatic carbocycles. The number of likely N-dealkylation sites (tertiary alicyclic amines) is 1. The molecule has 6 nitrogen and oxygen atoms in total. The van der Waals surface area contributed by atoms with Crippen LogP contribution in [0.2, 0.25) is 0 Å².